The fraction of sp³-hybridized carbons (Fsp3) is 0.750. The van der Waals surface area contributed by atoms with Crippen molar-refractivity contribution in [2.75, 3.05) is 23.7 Å². The summed E-state index contributed by atoms with van der Waals surface area (Å²) in [6, 6.07) is 3.67. The topological polar surface area (TPSA) is 91.8 Å². The highest BCUT2D eigenvalue weighted by Gasteiger charge is 2.56. The summed E-state index contributed by atoms with van der Waals surface area (Å²) in [4.78, 5) is 31.9. The molecule has 4 fully saturated rings. The van der Waals surface area contributed by atoms with Crippen molar-refractivity contribution in [1.82, 2.24) is 10.3 Å². The van der Waals surface area contributed by atoms with Gasteiger partial charge in [0, 0.05) is 25.6 Å². The van der Waals surface area contributed by atoms with E-state index in [0.29, 0.717) is 48.2 Å². The van der Waals surface area contributed by atoms with E-state index in [9.17, 15) is 23.5 Å². The Balaban J connectivity index is 1.32. The van der Waals surface area contributed by atoms with Crippen molar-refractivity contribution in [2.45, 2.75) is 94.4 Å². The smallest absolute Gasteiger partial charge is 0.345 e. The van der Waals surface area contributed by atoms with Crippen LogP contribution < -0.4 is 10.2 Å². The van der Waals surface area contributed by atoms with Gasteiger partial charge >= 0.3 is 12.6 Å². The molecule has 3 unspecified atom stereocenters. The molecule has 38 heavy (non-hydrogen) atoms. The van der Waals surface area contributed by atoms with Gasteiger partial charge < -0.3 is 20.1 Å². The monoisotopic (exact) mass is 551 g/mol. The largest absolute Gasteiger partial charge is 0.481 e. The number of anilines is 1. The molecule has 1 amide bonds. The van der Waals surface area contributed by atoms with E-state index in [1.54, 1.807) is 11.8 Å². The second-order valence-electron chi connectivity index (χ2n) is 11.8. The van der Waals surface area contributed by atoms with E-state index in [1.807, 2.05) is 12.1 Å². The zero-order chi connectivity index (χ0) is 26.9. The molecule has 3 bridgehead atoms. The number of carboxylic acid groups (broad SMARTS) is 1. The number of alkyl halides is 2. The molecule has 210 valence electrons. The third-order valence-electron chi connectivity index (χ3n) is 9.04. The average molecular weight is 552 g/mol. The molecule has 1 aromatic heterocycles. The Morgan fingerprint density at radius 2 is 2.11 bits per heavy atom. The van der Waals surface area contributed by atoms with Gasteiger partial charge in [-0.2, -0.15) is 8.78 Å². The number of ether oxygens (including phenoxy) is 1. The number of aromatic nitrogens is 1. The van der Waals surface area contributed by atoms with E-state index < -0.39 is 18.2 Å². The van der Waals surface area contributed by atoms with Gasteiger partial charge in [0.05, 0.1) is 11.2 Å². The van der Waals surface area contributed by atoms with Gasteiger partial charge in [0.15, 0.2) is 0 Å². The van der Waals surface area contributed by atoms with Crippen molar-refractivity contribution >= 4 is 29.5 Å². The van der Waals surface area contributed by atoms with Crippen LogP contribution in [0, 0.1) is 23.7 Å². The molecule has 4 aliphatic rings. The number of carbonyl (C=O) groups excluding carboxylic acids is 1. The predicted octanol–water partition coefficient (Wildman–Crippen LogP) is 5.58. The fourth-order valence-electron chi connectivity index (χ4n) is 7.62. The van der Waals surface area contributed by atoms with Crippen molar-refractivity contribution in [1.29, 1.82) is 0 Å². The standard InChI is InChI=1S/C28H39F2N3O4S/c1-2-10-38-26-20(6-8-23(32-26)33-9-3-4-18(16-33)12-24(34)35)25(36)31-22-7-5-17-11-19-14-28(13-17,15-21(19)22)37-27(29)30/h6,8,17-19,21-22,27H,2-5,7,9-16H2,1H3,(H,31,36)(H,34,35)/t17?,18-,19?,21?,22-,28-/m0/s1. The molecule has 0 aromatic carbocycles. The number of carboxylic acids is 1. The van der Waals surface area contributed by atoms with Crippen molar-refractivity contribution in [3.63, 3.8) is 0 Å². The van der Waals surface area contributed by atoms with Gasteiger partial charge in [-0.15, -0.1) is 11.8 Å². The highest BCUT2D eigenvalue weighted by molar-refractivity contribution is 7.99. The number of piperidine rings is 1. The predicted molar refractivity (Wildman–Crippen MR) is 142 cm³/mol. The van der Waals surface area contributed by atoms with E-state index in [2.05, 4.69) is 17.1 Å². The minimum atomic E-state index is -2.76. The number of nitrogens with zero attached hydrogens (tertiary/aromatic N) is 2. The molecule has 3 aliphatic carbocycles. The molecule has 0 radical (unpaired) electrons. The lowest BCUT2D eigenvalue weighted by molar-refractivity contribution is -0.219. The molecule has 5 rings (SSSR count). The number of carbonyl (C=O) groups is 2. The maximum Gasteiger partial charge on any atom is 0.345 e. The molecule has 7 nitrogen and oxygen atoms in total. The third kappa shape index (κ3) is 6.11. The SMILES string of the molecule is CCCSc1nc(N2CCC[C@@H](CC(=O)O)C2)ccc1C(=O)N[C@H]1CCC2CC3C[C@@](OC(F)F)(C2)CC31. The Kier molecular flexibility index (Phi) is 8.48. The van der Waals surface area contributed by atoms with Gasteiger partial charge in [-0.25, -0.2) is 4.98 Å². The lowest BCUT2D eigenvalue weighted by Gasteiger charge is -2.37. The molecule has 0 spiro atoms. The number of rotatable bonds is 10. The summed E-state index contributed by atoms with van der Waals surface area (Å²) in [6.07, 6.45) is 7.70. The zero-order valence-electron chi connectivity index (χ0n) is 22.0. The molecule has 10 heteroatoms. The zero-order valence-corrected chi connectivity index (χ0v) is 22.9. The number of hydrogen-bond donors (Lipinski definition) is 2. The third-order valence-corrected chi connectivity index (χ3v) is 10.2. The van der Waals surface area contributed by atoms with Crippen LogP contribution in [0.5, 0.6) is 0 Å². The van der Waals surface area contributed by atoms with Crippen molar-refractivity contribution in [3.8, 4) is 0 Å². The number of fused-ring (bicyclic) bond motifs is 2. The second kappa shape index (κ2) is 11.7. The summed E-state index contributed by atoms with van der Waals surface area (Å²) in [5.74, 6) is 1.63. The van der Waals surface area contributed by atoms with Crippen LogP contribution in [0.15, 0.2) is 17.2 Å². The van der Waals surface area contributed by atoms with Crippen LogP contribution in [0.1, 0.15) is 81.5 Å². The summed E-state index contributed by atoms with van der Waals surface area (Å²) in [5, 5.41) is 13.2. The lowest BCUT2D eigenvalue weighted by Crippen LogP contribution is -2.43. The minimum Gasteiger partial charge on any atom is -0.481 e. The van der Waals surface area contributed by atoms with Gasteiger partial charge in [0.1, 0.15) is 10.8 Å². The molecule has 1 aliphatic heterocycles. The molecular formula is C28H39F2N3O4S. The summed E-state index contributed by atoms with van der Waals surface area (Å²) < 4.78 is 31.7. The van der Waals surface area contributed by atoms with Crippen LogP contribution in [0.3, 0.4) is 0 Å². The summed E-state index contributed by atoms with van der Waals surface area (Å²) in [7, 11) is 0. The molecule has 6 atom stereocenters. The first-order valence-corrected chi connectivity index (χ1v) is 15.1. The van der Waals surface area contributed by atoms with Gasteiger partial charge in [-0.05, 0) is 99.3 Å². The quantitative estimate of drug-likeness (QED) is 0.367. The number of aliphatic carboxylic acids is 1. The highest BCUT2D eigenvalue weighted by atomic mass is 32.2. The van der Waals surface area contributed by atoms with Gasteiger partial charge in [0.25, 0.3) is 5.91 Å². The summed E-state index contributed by atoms with van der Waals surface area (Å²) in [5.41, 5.74) is -0.192. The minimum absolute atomic E-state index is 0.0523. The Bertz CT molecular complexity index is 1030. The van der Waals surface area contributed by atoms with Gasteiger partial charge in [0.2, 0.25) is 0 Å². The van der Waals surface area contributed by atoms with Gasteiger partial charge in [-0.3, -0.25) is 9.59 Å². The number of thioether (sulfide) groups is 1. The number of halogens is 2. The normalized spacial score (nSPS) is 32.4. The van der Waals surface area contributed by atoms with Crippen LogP contribution in [-0.4, -0.2) is 59.1 Å². The highest BCUT2D eigenvalue weighted by Crippen LogP contribution is 2.57. The Morgan fingerprint density at radius 3 is 2.87 bits per heavy atom. The van der Waals surface area contributed by atoms with Crippen LogP contribution in [0.2, 0.25) is 0 Å². The molecule has 2 N–H and O–H groups in total. The Hall–Kier alpha value is -1.94. The van der Waals surface area contributed by atoms with E-state index in [4.69, 9.17) is 9.72 Å². The number of amides is 1. The summed E-state index contributed by atoms with van der Waals surface area (Å²) >= 11 is 1.57. The van der Waals surface area contributed by atoms with Crippen molar-refractivity contribution in [3.05, 3.63) is 17.7 Å². The average Bonchev–Trinajstić information content (AvgIpc) is 3.06. The van der Waals surface area contributed by atoms with Crippen LogP contribution in [0.25, 0.3) is 0 Å². The molecule has 2 heterocycles. The van der Waals surface area contributed by atoms with Crippen LogP contribution in [-0.2, 0) is 9.53 Å². The lowest BCUT2D eigenvalue weighted by atomic mass is 9.77. The fourth-order valence-corrected chi connectivity index (χ4v) is 8.50. The Morgan fingerprint density at radius 1 is 1.26 bits per heavy atom. The van der Waals surface area contributed by atoms with E-state index >= 15 is 0 Å². The first kappa shape index (κ1) is 27.6. The number of nitrogens with one attached hydrogen (secondary N) is 1. The van der Waals surface area contributed by atoms with E-state index in [1.165, 1.54) is 0 Å². The maximum absolute atomic E-state index is 13.6. The number of hydrogen-bond acceptors (Lipinski definition) is 6. The second-order valence-corrected chi connectivity index (χ2v) is 12.9. The van der Waals surface area contributed by atoms with Crippen molar-refractivity contribution < 1.29 is 28.2 Å². The summed E-state index contributed by atoms with van der Waals surface area (Å²) in [6.45, 7) is 0.799. The molecular weight excluding hydrogens is 512 g/mol. The molecule has 1 aromatic rings. The van der Waals surface area contributed by atoms with Crippen LogP contribution >= 0.6 is 11.8 Å². The first-order valence-electron chi connectivity index (χ1n) is 14.1. The van der Waals surface area contributed by atoms with E-state index in [-0.39, 0.29) is 30.2 Å². The van der Waals surface area contributed by atoms with Crippen LogP contribution in [0.4, 0.5) is 14.6 Å². The maximum atomic E-state index is 13.6. The first-order chi connectivity index (χ1) is 18.2. The molecule has 3 saturated carbocycles. The number of pyridine rings is 1. The molecule has 1 saturated heterocycles. The van der Waals surface area contributed by atoms with E-state index in [0.717, 1.165) is 56.6 Å². The Labute approximate surface area is 227 Å². The van der Waals surface area contributed by atoms with Gasteiger partial charge in [-0.1, -0.05) is 6.92 Å². The van der Waals surface area contributed by atoms with Crippen molar-refractivity contribution in [2.24, 2.45) is 23.7 Å².